The summed E-state index contributed by atoms with van der Waals surface area (Å²) in [6, 6.07) is 2.91. The van der Waals surface area contributed by atoms with Crippen molar-refractivity contribution in [2.24, 2.45) is 11.3 Å². The van der Waals surface area contributed by atoms with Crippen molar-refractivity contribution in [2.45, 2.75) is 38.1 Å². The second-order valence-electron chi connectivity index (χ2n) is 5.99. The summed E-state index contributed by atoms with van der Waals surface area (Å²) in [4.78, 5) is 0. The molecule has 0 spiro atoms. The standard InChI is InChI=1S/C15H18Cl2FN/c1-19-14(15-6-4-9(8-15)5-7-15)12-11(18)3-2-10(16)13(12)17/h2-3,9,14,19H,4-8H2,1H3. The van der Waals surface area contributed by atoms with Gasteiger partial charge >= 0.3 is 0 Å². The van der Waals surface area contributed by atoms with Gasteiger partial charge in [-0.2, -0.15) is 0 Å². The molecule has 2 aliphatic carbocycles. The van der Waals surface area contributed by atoms with Gasteiger partial charge in [0.25, 0.3) is 0 Å². The summed E-state index contributed by atoms with van der Waals surface area (Å²) in [7, 11) is 1.89. The van der Waals surface area contributed by atoms with Crippen LogP contribution in [0.1, 0.15) is 43.7 Å². The zero-order valence-corrected chi connectivity index (χ0v) is 12.5. The second-order valence-corrected chi connectivity index (χ2v) is 6.77. The summed E-state index contributed by atoms with van der Waals surface area (Å²) in [5, 5.41) is 4.10. The highest BCUT2D eigenvalue weighted by atomic mass is 35.5. The van der Waals surface area contributed by atoms with Gasteiger partial charge in [0, 0.05) is 11.6 Å². The van der Waals surface area contributed by atoms with Crippen LogP contribution in [0.15, 0.2) is 12.1 Å². The maximum atomic E-state index is 14.3. The average molecular weight is 302 g/mol. The molecule has 19 heavy (non-hydrogen) atoms. The number of rotatable bonds is 3. The van der Waals surface area contributed by atoms with Crippen LogP contribution in [0.3, 0.4) is 0 Å². The van der Waals surface area contributed by atoms with E-state index in [0.717, 1.165) is 18.8 Å². The summed E-state index contributed by atoms with van der Waals surface area (Å²) in [5.41, 5.74) is 0.716. The molecule has 1 unspecified atom stereocenters. The van der Waals surface area contributed by atoms with E-state index in [2.05, 4.69) is 5.32 Å². The Labute approximate surface area is 123 Å². The molecular weight excluding hydrogens is 284 g/mol. The van der Waals surface area contributed by atoms with E-state index in [9.17, 15) is 4.39 Å². The summed E-state index contributed by atoms with van der Waals surface area (Å²) >= 11 is 12.3. The SMILES string of the molecule is CNC(c1c(F)ccc(Cl)c1Cl)C12CCC(CC1)C2. The van der Waals surface area contributed by atoms with Crippen molar-refractivity contribution in [1.82, 2.24) is 5.32 Å². The van der Waals surface area contributed by atoms with Gasteiger partial charge < -0.3 is 5.32 Å². The van der Waals surface area contributed by atoms with Gasteiger partial charge in [0.05, 0.1) is 10.0 Å². The smallest absolute Gasteiger partial charge is 0.129 e. The largest absolute Gasteiger partial charge is 0.312 e. The second kappa shape index (κ2) is 4.91. The maximum Gasteiger partial charge on any atom is 0.129 e. The Morgan fingerprint density at radius 1 is 1.32 bits per heavy atom. The van der Waals surface area contributed by atoms with Gasteiger partial charge in [-0.1, -0.05) is 23.2 Å². The normalized spacial score (nSPS) is 30.8. The summed E-state index contributed by atoms with van der Waals surface area (Å²) in [6.45, 7) is 0. The van der Waals surface area contributed by atoms with Crippen LogP contribution in [0, 0.1) is 17.2 Å². The van der Waals surface area contributed by atoms with Crippen molar-refractivity contribution >= 4 is 23.2 Å². The Morgan fingerprint density at radius 2 is 2.00 bits per heavy atom. The average Bonchev–Trinajstić information content (AvgIpc) is 3.00. The quantitative estimate of drug-likeness (QED) is 0.777. The first-order valence-electron chi connectivity index (χ1n) is 6.88. The zero-order chi connectivity index (χ0) is 13.6. The molecule has 0 amide bonds. The van der Waals surface area contributed by atoms with E-state index >= 15 is 0 Å². The molecule has 1 N–H and O–H groups in total. The molecule has 1 nitrogen and oxygen atoms in total. The Balaban J connectivity index is 2.06. The van der Waals surface area contributed by atoms with Crippen molar-refractivity contribution in [1.29, 1.82) is 0 Å². The van der Waals surface area contributed by atoms with Gasteiger partial charge in [0.15, 0.2) is 0 Å². The van der Waals surface area contributed by atoms with E-state index in [1.54, 1.807) is 0 Å². The van der Waals surface area contributed by atoms with Crippen molar-refractivity contribution in [3.8, 4) is 0 Å². The maximum absolute atomic E-state index is 14.3. The van der Waals surface area contributed by atoms with Crippen LogP contribution in [0.4, 0.5) is 4.39 Å². The van der Waals surface area contributed by atoms with Crippen LogP contribution in [0.5, 0.6) is 0 Å². The molecule has 3 rings (SSSR count). The molecule has 104 valence electrons. The molecule has 0 aromatic heterocycles. The molecule has 2 fully saturated rings. The van der Waals surface area contributed by atoms with Crippen LogP contribution in [-0.4, -0.2) is 7.05 Å². The van der Waals surface area contributed by atoms with Crippen molar-refractivity contribution < 1.29 is 4.39 Å². The molecule has 0 saturated heterocycles. The third-order valence-corrected chi connectivity index (χ3v) is 5.88. The molecule has 2 aliphatic rings. The minimum atomic E-state index is -0.251. The lowest BCUT2D eigenvalue weighted by atomic mass is 9.74. The number of hydrogen-bond donors (Lipinski definition) is 1. The van der Waals surface area contributed by atoms with Gasteiger partial charge in [-0.15, -0.1) is 0 Å². The molecule has 0 aliphatic heterocycles. The topological polar surface area (TPSA) is 12.0 Å². The molecule has 1 aromatic carbocycles. The predicted molar refractivity (Wildman–Crippen MR) is 77.2 cm³/mol. The van der Waals surface area contributed by atoms with Gasteiger partial charge in [0.1, 0.15) is 5.82 Å². The Hall–Kier alpha value is -0.310. The van der Waals surface area contributed by atoms with Crippen molar-refractivity contribution in [2.75, 3.05) is 7.05 Å². The monoisotopic (exact) mass is 301 g/mol. The predicted octanol–water partition coefficient (Wildman–Crippen LogP) is 4.97. The first-order chi connectivity index (χ1) is 9.07. The van der Waals surface area contributed by atoms with Gasteiger partial charge in [-0.25, -0.2) is 4.39 Å². The fourth-order valence-corrected chi connectivity index (χ4v) is 4.63. The van der Waals surface area contributed by atoms with E-state index in [0.29, 0.717) is 15.6 Å². The Morgan fingerprint density at radius 3 is 2.53 bits per heavy atom. The van der Waals surface area contributed by atoms with Crippen molar-refractivity contribution in [3.63, 3.8) is 0 Å². The highest BCUT2D eigenvalue weighted by molar-refractivity contribution is 6.42. The summed E-state index contributed by atoms with van der Waals surface area (Å²) in [5.74, 6) is 0.565. The van der Waals surface area contributed by atoms with Crippen LogP contribution in [-0.2, 0) is 0 Å². The fourth-order valence-electron chi connectivity index (χ4n) is 4.21. The van der Waals surface area contributed by atoms with Gasteiger partial charge in [0.2, 0.25) is 0 Å². The van der Waals surface area contributed by atoms with Crippen LogP contribution < -0.4 is 5.32 Å². The highest BCUT2D eigenvalue weighted by Gasteiger charge is 2.50. The van der Waals surface area contributed by atoms with Crippen LogP contribution in [0.25, 0.3) is 0 Å². The third kappa shape index (κ3) is 2.09. The number of hydrogen-bond acceptors (Lipinski definition) is 1. The fraction of sp³-hybridized carbons (Fsp3) is 0.600. The minimum Gasteiger partial charge on any atom is -0.312 e. The Bertz CT molecular complexity index is 495. The molecule has 1 atom stereocenters. The van der Waals surface area contributed by atoms with E-state index in [1.807, 2.05) is 7.05 Å². The van der Waals surface area contributed by atoms with Crippen LogP contribution >= 0.6 is 23.2 Å². The summed E-state index contributed by atoms with van der Waals surface area (Å²) in [6.07, 6.45) is 6.02. The molecule has 0 heterocycles. The van der Waals surface area contributed by atoms with E-state index < -0.39 is 0 Å². The lowest BCUT2D eigenvalue weighted by Gasteiger charge is -2.37. The van der Waals surface area contributed by atoms with Gasteiger partial charge in [-0.3, -0.25) is 0 Å². The van der Waals surface area contributed by atoms with E-state index in [1.165, 1.54) is 31.4 Å². The molecule has 1 aromatic rings. The van der Waals surface area contributed by atoms with Crippen molar-refractivity contribution in [3.05, 3.63) is 33.6 Å². The number of halogens is 3. The van der Waals surface area contributed by atoms with E-state index in [-0.39, 0.29) is 17.3 Å². The molecule has 2 saturated carbocycles. The number of nitrogens with one attached hydrogen (secondary N) is 1. The molecule has 0 radical (unpaired) electrons. The number of benzene rings is 1. The first kappa shape index (κ1) is 13.7. The van der Waals surface area contributed by atoms with Gasteiger partial charge in [-0.05, 0) is 62.6 Å². The number of fused-ring (bicyclic) bond motifs is 2. The third-order valence-electron chi connectivity index (χ3n) is 5.07. The van der Waals surface area contributed by atoms with Crippen LogP contribution in [0.2, 0.25) is 10.0 Å². The highest BCUT2D eigenvalue weighted by Crippen LogP contribution is 2.60. The lowest BCUT2D eigenvalue weighted by Crippen LogP contribution is -2.34. The minimum absolute atomic E-state index is 0.0359. The first-order valence-corrected chi connectivity index (χ1v) is 7.63. The zero-order valence-electron chi connectivity index (χ0n) is 11.0. The Kier molecular flexibility index (Phi) is 3.53. The molecular formula is C15H18Cl2FN. The lowest BCUT2D eigenvalue weighted by molar-refractivity contribution is 0.202. The molecule has 4 heteroatoms. The molecule has 2 bridgehead atoms. The summed E-state index contributed by atoms with van der Waals surface area (Å²) < 4.78 is 14.3. The van der Waals surface area contributed by atoms with E-state index in [4.69, 9.17) is 23.2 Å².